The van der Waals surface area contributed by atoms with Crippen molar-refractivity contribution in [2.45, 2.75) is 71.1 Å². The van der Waals surface area contributed by atoms with Crippen molar-refractivity contribution in [1.29, 1.82) is 0 Å². The van der Waals surface area contributed by atoms with Crippen LogP contribution in [0.4, 0.5) is 0 Å². The number of ether oxygens (including phenoxy) is 1. The maximum atomic E-state index is 11.3. The highest BCUT2D eigenvalue weighted by atomic mass is 32.1. The van der Waals surface area contributed by atoms with E-state index in [0.717, 1.165) is 37.9 Å². The Morgan fingerprint density at radius 3 is 2.29 bits per heavy atom. The van der Waals surface area contributed by atoms with Crippen molar-refractivity contribution in [1.82, 2.24) is 0 Å². The van der Waals surface area contributed by atoms with Gasteiger partial charge in [0.1, 0.15) is 0 Å². The number of rotatable bonds is 12. The molecule has 0 radical (unpaired) electrons. The number of carbonyl (C=O) groups is 1. The smallest absolute Gasteiger partial charge is 0.305 e. The van der Waals surface area contributed by atoms with Gasteiger partial charge in [-0.05, 0) is 25.0 Å². The van der Waals surface area contributed by atoms with Crippen molar-refractivity contribution < 1.29 is 9.53 Å². The van der Waals surface area contributed by atoms with E-state index < -0.39 is 0 Å². The fraction of sp³-hybridized carbons (Fsp3) is 0.929. The Bertz CT molecular complexity index is 172. The van der Waals surface area contributed by atoms with Gasteiger partial charge in [0.15, 0.2) is 0 Å². The molecule has 0 aromatic carbocycles. The molecule has 0 fully saturated rings. The molecule has 2 nitrogen and oxygen atoms in total. The normalized spacial score (nSPS) is 10.5. The summed E-state index contributed by atoms with van der Waals surface area (Å²) < 4.78 is 5.17. The Labute approximate surface area is 112 Å². The van der Waals surface area contributed by atoms with Crippen molar-refractivity contribution >= 4 is 18.6 Å². The van der Waals surface area contributed by atoms with Crippen molar-refractivity contribution in [3.05, 3.63) is 0 Å². The zero-order valence-corrected chi connectivity index (χ0v) is 12.1. The van der Waals surface area contributed by atoms with Crippen molar-refractivity contribution in [2.24, 2.45) is 0 Å². The summed E-state index contributed by atoms with van der Waals surface area (Å²) in [6, 6.07) is 0. The van der Waals surface area contributed by atoms with Crippen LogP contribution in [-0.2, 0) is 9.53 Å². The lowest BCUT2D eigenvalue weighted by Crippen LogP contribution is -2.05. The first-order chi connectivity index (χ1) is 8.31. The van der Waals surface area contributed by atoms with Crippen LogP contribution in [0.2, 0.25) is 0 Å². The fourth-order valence-electron chi connectivity index (χ4n) is 1.70. The largest absolute Gasteiger partial charge is 0.466 e. The van der Waals surface area contributed by atoms with Gasteiger partial charge in [0.05, 0.1) is 6.61 Å². The van der Waals surface area contributed by atoms with Gasteiger partial charge in [-0.1, -0.05) is 45.4 Å². The summed E-state index contributed by atoms with van der Waals surface area (Å²) in [6.45, 7) is 2.79. The molecule has 0 aliphatic heterocycles. The zero-order valence-electron chi connectivity index (χ0n) is 11.2. The maximum Gasteiger partial charge on any atom is 0.305 e. The number of unbranched alkanes of at least 4 members (excludes halogenated alkanes) is 7. The van der Waals surface area contributed by atoms with Gasteiger partial charge in [0.2, 0.25) is 0 Å². The molecular formula is C14H28O2S. The predicted molar refractivity (Wildman–Crippen MR) is 76.7 cm³/mol. The van der Waals surface area contributed by atoms with E-state index in [9.17, 15) is 4.79 Å². The number of esters is 1. The van der Waals surface area contributed by atoms with Crippen LogP contribution in [0, 0.1) is 0 Å². The molecule has 0 heterocycles. The summed E-state index contributed by atoms with van der Waals surface area (Å²) >= 11 is 4.16. The van der Waals surface area contributed by atoms with Gasteiger partial charge < -0.3 is 4.74 Å². The van der Waals surface area contributed by atoms with E-state index in [2.05, 4.69) is 19.6 Å². The first kappa shape index (κ1) is 16.8. The molecule has 0 N–H and O–H groups in total. The first-order valence-electron chi connectivity index (χ1n) is 7.07. The summed E-state index contributed by atoms with van der Waals surface area (Å²) in [5.41, 5.74) is 0. The van der Waals surface area contributed by atoms with Gasteiger partial charge in [-0.15, -0.1) is 0 Å². The lowest BCUT2D eigenvalue weighted by atomic mass is 10.1. The zero-order chi connectivity index (χ0) is 12.8. The quantitative estimate of drug-likeness (QED) is 0.320. The van der Waals surface area contributed by atoms with Gasteiger partial charge in [0.25, 0.3) is 0 Å². The summed E-state index contributed by atoms with van der Waals surface area (Å²) in [4.78, 5) is 11.3. The number of thiol groups is 1. The highest BCUT2D eigenvalue weighted by Crippen LogP contribution is 2.06. The van der Waals surface area contributed by atoms with Gasteiger partial charge >= 0.3 is 5.97 Å². The van der Waals surface area contributed by atoms with Crippen LogP contribution in [0.25, 0.3) is 0 Å². The molecule has 0 atom stereocenters. The van der Waals surface area contributed by atoms with Crippen LogP contribution in [0.5, 0.6) is 0 Å². The summed E-state index contributed by atoms with van der Waals surface area (Å²) in [5.74, 6) is 0.938. The molecular weight excluding hydrogens is 232 g/mol. The second kappa shape index (κ2) is 13.9. The van der Waals surface area contributed by atoms with E-state index >= 15 is 0 Å². The van der Waals surface area contributed by atoms with E-state index in [1.807, 2.05) is 0 Å². The third-order valence-electron chi connectivity index (χ3n) is 2.80. The number of hydrogen-bond donors (Lipinski definition) is 1. The lowest BCUT2D eigenvalue weighted by molar-refractivity contribution is -0.143. The molecule has 0 unspecified atom stereocenters. The monoisotopic (exact) mass is 260 g/mol. The average Bonchev–Trinajstić information content (AvgIpc) is 2.33. The average molecular weight is 260 g/mol. The van der Waals surface area contributed by atoms with Crippen molar-refractivity contribution in [2.75, 3.05) is 12.4 Å². The SMILES string of the molecule is CCCCCCCC(=O)OCCCCCCS. The third kappa shape index (κ3) is 13.8. The molecule has 0 rings (SSSR count). The highest BCUT2D eigenvalue weighted by Gasteiger charge is 2.01. The van der Waals surface area contributed by atoms with E-state index in [4.69, 9.17) is 4.74 Å². The molecule has 0 bridgehead atoms. The Hall–Kier alpha value is -0.180. The minimum Gasteiger partial charge on any atom is -0.466 e. The molecule has 102 valence electrons. The van der Waals surface area contributed by atoms with Crippen LogP contribution in [0.3, 0.4) is 0 Å². The highest BCUT2D eigenvalue weighted by molar-refractivity contribution is 7.80. The van der Waals surface area contributed by atoms with Crippen LogP contribution >= 0.6 is 12.6 Å². The lowest BCUT2D eigenvalue weighted by Gasteiger charge is -2.04. The van der Waals surface area contributed by atoms with Crippen LogP contribution in [0.15, 0.2) is 0 Å². The van der Waals surface area contributed by atoms with Crippen molar-refractivity contribution in [3.63, 3.8) is 0 Å². The summed E-state index contributed by atoms with van der Waals surface area (Å²) in [5, 5.41) is 0. The Morgan fingerprint density at radius 2 is 1.59 bits per heavy atom. The van der Waals surface area contributed by atoms with Crippen LogP contribution < -0.4 is 0 Å². The second-order valence-electron chi connectivity index (χ2n) is 4.52. The summed E-state index contributed by atoms with van der Waals surface area (Å²) in [7, 11) is 0. The van der Waals surface area contributed by atoms with Gasteiger partial charge in [-0.2, -0.15) is 12.6 Å². The summed E-state index contributed by atoms with van der Waals surface area (Å²) in [6.07, 6.45) is 11.0. The predicted octanol–water partition coefficient (Wildman–Crippen LogP) is 4.38. The standard InChI is InChI=1S/C14H28O2S/c1-2-3-4-5-8-11-14(15)16-12-9-6-7-10-13-17/h17H,2-13H2,1H3. The first-order valence-corrected chi connectivity index (χ1v) is 7.71. The molecule has 0 spiro atoms. The van der Waals surface area contributed by atoms with E-state index in [-0.39, 0.29) is 5.97 Å². The number of hydrogen-bond acceptors (Lipinski definition) is 3. The van der Waals surface area contributed by atoms with E-state index in [0.29, 0.717) is 13.0 Å². The van der Waals surface area contributed by atoms with Crippen LogP contribution in [-0.4, -0.2) is 18.3 Å². The Balaban J connectivity index is 3.12. The van der Waals surface area contributed by atoms with Crippen molar-refractivity contribution in [3.8, 4) is 0 Å². The second-order valence-corrected chi connectivity index (χ2v) is 4.97. The number of carbonyl (C=O) groups excluding carboxylic acids is 1. The Morgan fingerprint density at radius 1 is 0.941 bits per heavy atom. The van der Waals surface area contributed by atoms with Gasteiger partial charge in [-0.3, -0.25) is 4.79 Å². The van der Waals surface area contributed by atoms with E-state index in [1.54, 1.807) is 0 Å². The maximum absolute atomic E-state index is 11.3. The molecule has 3 heteroatoms. The van der Waals surface area contributed by atoms with E-state index in [1.165, 1.54) is 25.7 Å². The van der Waals surface area contributed by atoms with Gasteiger partial charge in [-0.25, -0.2) is 0 Å². The van der Waals surface area contributed by atoms with Crippen LogP contribution in [0.1, 0.15) is 71.1 Å². The fourth-order valence-corrected chi connectivity index (χ4v) is 1.92. The molecule has 17 heavy (non-hydrogen) atoms. The Kier molecular flexibility index (Phi) is 13.7. The molecule has 0 saturated heterocycles. The molecule has 0 amide bonds. The minimum atomic E-state index is -0.0179. The molecule has 0 saturated carbocycles. The van der Waals surface area contributed by atoms with Gasteiger partial charge in [0, 0.05) is 6.42 Å². The molecule has 0 aromatic heterocycles. The molecule has 0 aromatic rings. The molecule has 0 aliphatic rings. The molecule has 0 aliphatic carbocycles. The minimum absolute atomic E-state index is 0.0179. The topological polar surface area (TPSA) is 26.3 Å². The third-order valence-corrected chi connectivity index (χ3v) is 3.12.